The van der Waals surface area contributed by atoms with Crippen molar-refractivity contribution < 1.29 is 13.5 Å². The molecule has 0 aliphatic rings. The lowest BCUT2D eigenvalue weighted by molar-refractivity contribution is 0.233. The maximum atomic E-state index is 12.3. The predicted molar refractivity (Wildman–Crippen MR) is 112 cm³/mol. The number of aliphatic hydroxyl groups excluding tert-OH is 1. The van der Waals surface area contributed by atoms with E-state index in [9.17, 15) is 13.5 Å². The van der Waals surface area contributed by atoms with E-state index in [2.05, 4.69) is 0 Å². The van der Waals surface area contributed by atoms with Gasteiger partial charge in [-0.05, 0) is 57.3 Å². The number of unbranched alkanes of at least 4 members (excludes halogenated alkanes) is 7. The lowest BCUT2D eigenvalue weighted by Gasteiger charge is -2.12. The van der Waals surface area contributed by atoms with Crippen LogP contribution in [-0.4, -0.2) is 32.0 Å². The van der Waals surface area contributed by atoms with Crippen molar-refractivity contribution in [1.82, 2.24) is 0 Å². The van der Waals surface area contributed by atoms with Crippen LogP contribution in [0, 0.1) is 12.8 Å². The number of aryl methyl sites for hydroxylation is 1. The largest absolute Gasteiger partial charge is 0.377 e. The van der Waals surface area contributed by atoms with E-state index < -0.39 is 15.3 Å². The number of hydrogen-bond donors (Lipinski definition) is 3. The topological polar surface area (TPSA) is 106 Å². The van der Waals surface area contributed by atoms with Crippen LogP contribution in [0.15, 0.2) is 29.2 Å². The van der Waals surface area contributed by atoms with Crippen molar-refractivity contribution in [2.45, 2.75) is 81.5 Å². The Morgan fingerprint density at radius 1 is 0.815 bits per heavy atom. The van der Waals surface area contributed by atoms with Gasteiger partial charge >= 0.3 is 0 Å². The molecule has 27 heavy (non-hydrogen) atoms. The van der Waals surface area contributed by atoms with Gasteiger partial charge in [-0.1, -0.05) is 62.6 Å². The zero-order valence-corrected chi connectivity index (χ0v) is 17.6. The fraction of sp³-hybridized carbons (Fsp3) is 0.714. The second kappa shape index (κ2) is 13.3. The molecule has 0 aliphatic heterocycles. The summed E-state index contributed by atoms with van der Waals surface area (Å²) in [5.74, 6) is 0.465. The van der Waals surface area contributed by atoms with Crippen molar-refractivity contribution >= 4 is 9.84 Å². The van der Waals surface area contributed by atoms with Crippen LogP contribution in [0.5, 0.6) is 0 Å². The van der Waals surface area contributed by atoms with Crippen LogP contribution in [0.1, 0.15) is 69.8 Å². The van der Waals surface area contributed by atoms with Crippen molar-refractivity contribution in [3.05, 3.63) is 29.8 Å². The summed E-state index contributed by atoms with van der Waals surface area (Å²) >= 11 is 0. The first-order chi connectivity index (χ1) is 12.9. The average Bonchev–Trinajstić information content (AvgIpc) is 2.66. The first kappa shape index (κ1) is 24.1. The number of sulfone groups is 1. The van der Waals surface area contributed by atoms with Gasteiger partial charge in [0.25, 0.3) is 0 Å². The minimum Gasteiger partial charge on any atom is -0.377 e. The molecule has 1 rings (SSSR count). The zero-order chi connectivity index (χ0) is 20.1. The molecule has 5 N–H and O–H groups in total. The number of benzene rings is 1. The number of rotatable bonds is 15. The highest BCUT2D eigenvalue weighted by atomic mass is 32.2. The molecule has 0 saturated carbocycles. The van der Waals surface area contributed by atoms with E-state index in [1.807, 2.05) is 6.92 Å². The average molecular weight is 399 g/mol. The summed E-state index contributed by atoms with van der Waals surface area (Å²) in [4.78, 5) is 0.201. The normalized spacial score (nSPS) is 13.2. The molecular formula is C21H38N2O3S. The molecule has 6 heteroatoms. The lowest BCUT2D eigenvalue weighted by atomic mass is 10.00. The molecule has 1 unspecified atom stereocenters. The highest BCUT2D eigenvalue weighted by Gasteiger charge is 2.24. The van der Waals surface area contributed by atoms with Gasteiger partial charge in [0.05, 0.1) is 4.90 Å². The van der Waals surface area contributed by atoms with Crippen LogP contribution >= 0.6 is 0 Å². The van der Waals surface area contributed by atoms with E-state index in [4.69, 9.17) is 11.5 Å². The summed E-state index contributed by atoms with van der Waals surface area (Å²) < 4.78 is 24.7. The van der Waals surface area contributed by atoms with Crippen molar-refractivity contribution in [2.75, 3.05) is 13.1 Å². The molecule has 0 radical (unpaired) electrons. The number of hydrogen-bond acceptors (Lipinski definition) is 5. The van der Waals surface area contributed by atoms with Crippen LogP contribution in [-0.2, 0) is 9.84 Å². The molecule has 5 nitrogen and oxygen atoms in total. The number of aliphatic hydroxyl groups is 1. The molecular weight excluding hydrogens is 360 g/mol. The van der Waals surface area contributed by atoms with Crippen LogP contribution in [0.2, 0.25) is 0 Å². The van der Waals surface area contributed by atoms with Crippen LogP contribution in [0.3, 0.4) is 0 Å². The Kier molecular flexibility index (Phi) is 11.8. The first-order valence-corrected chi connectivity index (χ1v) is 11.8. The third-order valence-corrected chi connectivity index (χ3v) is 7.07. The molecule has 0 saturated heterocycles. The van der Waals surface area contributed by atoms with Gasteiger partial charge in [-0.15, -0.1) is 0 Å². The fourth-order valence-electron chi connectivity index (χ4n) is 3.18. The summed E-state index contributed by atoms with van der Waals surface area (Å²) in [5, 5.41) is 10.1. The maximum Gasteiger partial charge on any atom is 0.204 e. The molecule has 1 aromatic carbocycles. The van der Waals surface area contributed by atoms with Gasteiger partial charge in [-0.3, -0.25) is 0 Å². The molecule has 0 aromatic heterocycles. The molecule has 0 fully saturated rings. The summed E-state index contributed by atoms with van der Waals surface area (Å²) in [5.41, 5.74) is 11.0. The van der Waals surface area contributed by atoms with Gasteiger partial charge in [0.15, 0.2) is 5.44 Å². The third kappa shape index (κ3) is 9.19. The Bertz CT molecular complexity index is 598. The Morgan fingerprint density at radius 2 is 1.26 bits per heavy atom. The van der Waals surface area contributed by atoms with E-state index in [0.29, 0.717) is 25.4 Å². The van der Waals surface area contributed by atoms with Crippen molar-refractivity contribution in [2.24, 2.45) is 17.4 Å². The van der Waals surface area contributed by atoms with E-state index >= 15 is 0 Å². The molecule has 1 aromatic rings. The number of nitrogens with two attached hydrogens (primary N) is 2. The highest BCUT2D eigenvalue weighted by Crippen LogP contribution is 2.20. The van der Waals surface area contributed by atoms with Gasteiger partial charge in [-0.25, -0.2) is 8.42 Å². The SMILES string of the molecule is Cc1ccc(S(=O)(=O)C(O)CCCCCCCCCCC(CN)CN)cc1. The summed E-state index contributed by atoms with van der Waals surface area (Å²) in [7, 11) is -3.64. The summed E-state index contributed by atoms with van der Waals surface area (Å²) in [6, 6.07) is 6.64. The molecule has 0 spiro atoms. The second-order valence-corrected chi connectivity index (χ2v) is 9.66. The molecule has 1 atom stereocenters. The predicted octanol–water partition coefficient (Wildman–Crippen LogP) is 3.52. The summed E-state index contributed by atoms with van der Waals surface area (Å²) in [6.07, 6.45) is 10.2. The zero-order valence-electron chi connectivity index (χ0n) is 16.8. The maximum absolute atomic E-state index is 12.3. The Hall–Kier alpha value is -0.950. The van der Waals surface area contributed by atoms with E-state index in [1.54, 1.807) is 24.3 Å². The van der Waals surface area contributed by atoms with Crippen molar-refractivity contribution in [1.29, 1.82) is 0 Å². The van der Waals surface area contributed by atoms with Crippen molar-refractivity contribution in [3.8, 4) is 0 Å². The minimum atomic E-state index is -3.64. The Labute approximate surface area is 165 Å². The highest BCUT2D eigenvalue weighted by molar-refractivity contribution is 7.91. The monoisotopic (exact) mass is 398 g/mol. The molecule has 0 amide bonds. The standard InChI is InChI=1S/C21H38N2O3S/c1-18-12-14-20(15-13-18)27(25,26)21(24)11-9-7-5-3-2-4-6-8-10-19(16-22)17-23/h12-15,19,21,24H,2-11,16-17,22-23H2,1H3. The molecule has 0 aliphatic carbocycles. The van der Waals surface area contributed by atoms with Crippen LogP contribution in [0.25, 0.3) is 0 Å². The molecule has 0 bridgehead atoms. The van der Waals surface area contributed by atoms with Gasteiger partial charge in [0, 0.05) is 0 Å². The minimum absolute atomic E-state index is 0.201. The lowest BCUT2D eigenvalue weighted by Crippen LogP contribution is -2.22. The van der Waals surface area contributed by atoms with Gasteiger partial charge in [-0.2, -0.15) is 0 Å². The van der Waals surface area contributed by atoms with E-state index in [0.717, 1.165) is 37.7 Å². The molecule has 156 valence electrons. The third-order valence-electron chi connectivity index (χ3n) is 5.19. The molecule has 0 heterocycles. The smallest absolute Gasteiger partial charge is 0.204 e. The quantitative estimate of drug-likeness (QED) is 0.392. The van der Waals surface area contributed by atoms with Gasteiger partial charge < -0.3 is 16.6 Å². The van der Waals surface area contributed by atoms with Gasteiger partial charge in [0.1, 0.15) is 0 Å². The van der Waals surface area contributed by atoms with E-state index in [-0.39, 0.29) is 4.90 Å². The van der Waals surface area contributed by atoms with Crippen molar-refractivity contribution in [3.63, 3.8) is 0 Å². The Morgan fingerprint density at radius 3 is 1.74 bits per heavy atom. The fourth-order valence-corrected chi connectivity index (χ4v) is 4.49. The first-order valence-electron chi connectivity index (χ1n) is 10.3. The van der Waals surface area contributed by atoms with Crippen LogP contribution in [0.4, 0.5) is 0 Å². The van der Waals surface area contributed by atoms with Gasteiger partial charge in [0.2, 0.25) is 9.84 Å². The second-order valence-electron chi connectivity index (χ2n) is 7.56. The Balaban J connectivity index is 2.10. The van der Waals surface area contributed by atoms with E-state index in [1.165, 1.54) is 25.7 Å². The van der Waals surface area contributed by atoms with Crippen LogP contribution < -0.4 is 11.5 Å². The summed E-state index contributed by atoms with van der Waals surface area (Å²) in [6.45, 7) is 3.27.